The van der Waals surface area contributed by atoms with Gasteiger partial charge in [-0.1, -0.05) is 39.8 Å². The number of thiazole rings is 1. The summed E-state index contributed by atoms with van der Waals surface area (Å²) in [5.74, 6) is -0.146. The Kier molecular flexibility index (Phi) is 7.98. The molecule has 0 saturated carbocycles. The molecule has 0 fully saturated rings. The quantitative estimate of drug-likeness (QED) is 0.386. The van der Waals surface area contributed by atoms with Crippen LogP contribution in [0, 0.1) is 5.92 Å². The summed E-state index contributed by atoms with van der Waals surface area (Å²) in [7, 11) is 0. The Hall–Kier alpha value is -2.51. The van der Waals surface area contributed by atoms with Gasteiger partial charge in [0, 0.05) is 21.5 Å². The molecule has 0 amide bonds. The van der Waals surface area contributed by atoms with Crippen LogP contribution in [-0.2, 0) is 6.42 Å². The Balaban J connectivity index is 0.00000132. The highest BCUT2D eigenvalue weighted by Gasteiger charge is 2.20. The zero-order chi connectivity index (χ0) is 22.4. The van der Waals surface area contributed by atoms with E-state index in [1.54, 1.807) is 34.9 Å². The van der Waals surface area contributed by atoms with E-state index in [-0.39, 0.29) is 5.56 Å². The van der Waals surface area contributed by atoms with Crippen molar-refractivity contribution in [1.82, 2.24) is 9.97 Å². The Morgan fingerprint density at radius 3 is 2.74 bits per heavy atom. The molecule has 2 N–H and O–H groups in total. The molecule has 3 heterocycles. The Bertz CT molecular complexity index is 1050. The molecule has 0 bridgehead atoms. The number of pyridine rings is 1. The number of carboxylic acid groups (broad SMARTS) is 1. The van der Waals surface area contributed by atoms with Gasteiger partial charge in [-0.2, -0.15) is 0 Å². The van der Waals surface area contributed by atoms with Crippen molar-refractivity contribution < 1.29 is 9.90 Å². The average molecular weight is 456 g/mol. The third-order valence-electron chi connectivity index (χ3n) is 4.79. The van der Waals surface area contributed by atoms with E-state index in [9.17, 15) is 9.90 Å². The van der Waals surface area contributed by atoms with E-state index < -0.39 is 5.97 Å². The topological polar surface area (TPSA) is 75.1 Å². The second-order valence-corrected chi connectivity index (χ2v) is 9.57. The van der Waals surface area contributed by atoms with Gasteiger partial charge in [-0.25, -0.2) is 14.8 Å². The van der Waals surface area contributed by atoms with Crippen LogP contribution in [0.4, 0.5) is 10.9 Å². The number of hydrogen-bond acceptors (Lipinski definition) is 6. The summed E-state index contributed by atoms with van der Waals surface area (Å²) in [5.41, 5.74) is 3.33. The van der Waals surface area contributed by atoms with Gasteiger partial charge in [0.25, 0.3) is 0 Å². The highest BCUT2D eigenvalue weighted by Crippen LogP contribution is 2.37. The fourth-order valence-electron chi connectivity index (χ4n) is 3.46. The molecule has 4 rings (SSSR count). The zero-order valence-corrected chi connectivity index (χ0v) is 20.1. The van der Waals surface area contributed by atoms with Crippen LogP contribution in [-0.4, -0.2) is 21.0 Å². The first-order chi connectivity index (χ1) is 15.0. The molecule has 3 aromatic heterocycles. The third kappa shape index (κ3) is 5.60. The fraction of sp³-hybridized carbons (Fsp3) is 0.375. The van der Waals surface area contributed by atoms with Crippen molar-refractivity contribution in [3.05, 3.63) is 52.0 Å². The number of aromatic carboxylic acids is 1. The summed E-state index contributed by atoms with van der Waals surface area (Å²) in [6.45, 7) is 8.40. The number of hydrogen-bond donors (Lipinski definition) is 2. The van der Waals surface area contributed by atoms with E-state index in [0.717, 1.165) is 35.4 Å². The predicted octanol–water partition coefficient (Wildman–Crippen LogP) is 7.50. The lowest BCUT2D eigenvalue weighted by Crippen LogP contribution is -2.05. The SMILES string of the molecule is CC.CC(C)Cc1sc(Nc2ncc(-c3cccs3)cc2C(=O)O)nc1C1=CCCC1. The van der Waals surface area contributed by atoms with Gasteiger partial charge in [0.1, 0.15) is 11.4 Å². The Labute approximate surface area is 191 Å². The maximum absolute atomic E-state index is 11.9. The number of nitrogens with one attached hydrogen (secondary N) is 1. The lowest BCUT2D eigenvalue weighted by Gasteiger charge is -2.07. The largest absolute Gasteiger partial charge is 0.478 e. The van der Waals surface area contributed by atoms with Crippen LogP contribution in [0.5, 0.6) is 0 Å². The maximum atomic E-state index is 11.9. The number of carbonyl (C=O) groups is 1. The molecule has 0 saturated heterocycles. The minimum Gasteiger partial charge on any atom is -0.478 e. The van der Waals surface area contributed by atoms with Gasteiger partial charge in [-0.05, 0) is 54.7 Å². The van der Waals surface area contributed by atoms with E-state index in [0.29, 0.717) is 16.9 Å². The van der Waals surface area contributed by atoms with Gasteiger partial charge in [0.15, 0.2) is 5.13 Å². The van der Waals surface area contributed by atoms with Crippen molar-refractivity contribution in [3.63, 3.8) is 0 Å². The normalized spacial score (nSPS) is 13.0. The first-order valence-corrected chi connectivity index (χ1v) is 12.4. The smallest absolute Gasteiger partial charge is 0.339 e. The molecular weight excluding hydrogens is 426 g/mol. The number of allylic oxidation sites excluding steroid dienone is 2. The van der Waals surface area contributed by atoms with E-state index in [4.69, 9.17) is 4.98 Å². The Morgan fingerprint density at radius 1 is 1.32 bits per heavy atom. The number of aromatic nitrogens is 2. The molecule has 31 heavy (non-hydrogen) atoms. The van der Waals surface area contributed by atoms with Gasteiger partial charge >= 0.3 is 5.97 Å². The maximum Gasteiger partial charge on any atom is 0.339 e. The molecule has 0 aromatic carbocycles. The lowest BCUT2D eigenvalue weighted by molar-refractivity contribution is 0.0697. The summed E-state index contributed by atoms with van der Waals surface area (Å²) in [4.78, 5) is 23.3. The van der Waals surface area contributed by atoms with Crippen molar-refractivity contribution in [1.29, 1.82) is 0 Å². The lowest BCUT2D eigenvalue weighted by atomic mass is 10.0. The average Bonchev–Trinajstić information content (AvgIpc) is 3.51. The second-order valence-electron chi connectivity index (χ2n) is 7.54. The predicted molar refractivity (Wildman–Crippen MR) is 132 cm³/mol. The molecule has 0 aliphatic heterocycles. The van der Waals surface area contributed by atoms with Crippen molar-refractivity contribution in [2.75, 3.05) is 5.32 Å². The summed E-state index contributed by atoms with van der Waals surface area (Å²) < 4.78 is 0. The van der Waals surface area contributed by atoms with Crippen LogP contribution >= 0.6 is 22.7 Å². The van der Waals surface area contributed by atoms with Gasteiger partial charge in [0.05, 0.1) is 5.69 Å². The van der Waals surface area contributed by atoms with Crippen molar-refractivity contribution in [3.8, 4) is 10.4 Å². The molecule has 164 valence electrons. The molecule has 1 aliphatic rings. The van der Waals surface area contributed by atoms with E-state index in [1.807, 2.05) is 31.4 Å². The van der Waals surface area contributed by atoms with E-state index in [1.165, 1.54) is 16.9 Å². The molecule has 0 atom stereocenters. The van der Waals surface area contributed by atoms with E-state index in [2.05, 4.69) is 30.2 Å². The highest BCUT2D eigenvalue weighted by atomic mass is 32.1. The summed E-state index contributed by atoms with van der Waals surface area (Å²) >= 11 is 3.16. The Morgan fingerprint density at radius 2 is 2.13 bits per heavy atom. The van der Waals surface area contributed by atoms with Gasteiger partial charge in [-0.3, -0.25) is 0 Å². The number of thiophene rings is 1. The second kappa shape index (κ2) is 10.7. The molecule has 0 radical (unpaired) electrons. The van der Waals surface area contributed by atoms with Gasteiger partial charge in [-0.15, -0.1) is 22.7 Å². The van der Waals surface area contributed by atoms with Crippen molar-refractivity contribution >= 4 is 45.2 Å². The first-order valence-electron chi connectivity index (χ1n) is 10.7. The van der Waals surface area contributed by atoms with Crippen molar-refractivity contribution in [2.24, 2.45) is 5.92 Å². The monoisotopic (exact) mass is 455 g/mol. The number of anilines is 2. The van der Waals surface area contributed by atoms with Crippen LogP contribution < -0.4 is 5.32 Å². The van der Waals surface area contributed by atoms with Gasteiger partial charge in [0.2, 0.25) is 0 Å². The third-order valence-corrected chi connectivity index (χ3v) is 6.70. The number of nitrogens with zero attached hydrogens (tertiary/aromatic N) is 2. The fourth-order valence-corrected chi connectivity index (χ4v) is 5.37. The molecule has 1 aliphatic carbocycles. The van der Waals surface area contributed by atoms with Crippen LogP contribution in [0.1, 0.15) is 67.9 Å². The summed E-state index contributed by atoms with van der Waals surface area (Å²) in [5, 5.41) is 15.6. The van der Waals surface area contributed by atoms with E-state index >= 15 is 0 Å². The molecule has 5 nitrogen and oxygen atoms in total. The zero-order valence-electron chi connectivity index (χ0n) is 18.4. The van der Waals surface area contributed by atoms with Crippen LogP contribution in [0.15, 0.2) is 35.9 Å². The minimum absolute atomic E-state index is 0.151. The van der Waals surface area contributed by atoms with Crippen LogP contribution in [0.3, 0.4) is 0 Å². The number of carboxylic acids is 1. The minimum atomic E-state index is -1.00. The summed E-state index contributed by atoms with van der Waals surface area (Å²) in [6, 6.07) is 5.57. The molecule has 0 unspecified atom stereocenters. The van der Waals surface area contributed by atoms with Crippen LogP contribution in [0.2, 0.25) is 0 Å². The highest BCUT2D eigenvalue weighted by molar-refractivity contribution is 7.15. The standard InChI is InChI=1S/C22H23N3O2S2.C2H6/c1-13(2)10-18-19(14-6-3-4-7-14)24-22(29-18)25-20-16(21(26)27)11-15(12-23-20)17-8-5-9-28-17;1-2/h5-6,8-9,11-13H,3-4,7,10H2,1-2H3,(H,26,27)(H,23,24,25);1-2H3. The molecule has 3 aromatic rings. The first kappa shape index (κ1) is 23.2. The van der Waals surface area contributed by atoms with Crippen molar-refractivity contribution in [2.45, 2.75) is 53.4 Å². The summed E-state index contributed by atoms with van der Waals surface area (Å²) in [6.07, 6.45) is 8.28. The number of rotatable bonds is 7. The molecular formula is C24H29N3O2S2. The van der Waals surface area contributed by atoms with Crippen LogP contribution in [0.25, 0.3) is 16.0 Å². The van der Waals surface area contributed by atoms with Gasteiger partial charge < -0.3 is 10.4 Å². The molecule has 7 heteroatoms. The molecule has 0 spiro atoms.